The van der Waals surface area contributed by atoms with Gasteiger partial charge in [-0.25, -0.2) is 0 Å². The molecular weight excluding hydrogens is 146 g/mol. The van der Waals surface area contributed by atoms with E-state index >= 15 is 0 Å². The Morgan fingerprint density at radius 3 is 2.58 bits per heavy atom. The lowest BCUT2D eigenvalue weighted by Crippen LogP contribution is -2.08. The molecule has 0 unspecified atom stereocenters. The predicted molar refractivity (Wildman–Crippen MR) is 53.6 cm³/mol. The van der Waals surface area contributed by atoms with Crippen molar-refractivity contribution in [2.24, 2.45) is 5.92 Å². The van der Waals surface area contributed by atoms with Crippen LogP contribution < -0.4 is 5.32 Å². The molecule has 0 bridgehead atoms. The Labute approximate surface area is 74.9 Å². The van der Waals surface area contributed by atoms with Gasteiger partial charge in [-0.15, -0.1) is 0 Å². The Morgan fingerprint density at radius 1 is 1.42 bits per heavy atom. The number of nitrogens with one attached hydrogen (secondary N) is 1. The van der Waals surface area contributed by atoms with Gasteiger partial charge in [0.2, 0.25) is 0 Å². The molecule has 0 atom stereocenters. The Kier molecular flexibility index (Phi) is 3.15. The van der Waals surface area contributed by atoms with Gasteiger partial charge in [-0.05, 0) is 31.0 Å². The van der Waals surface area contributed by atoms with Crippen molar-refractivity contribution < 1.29 is 0 Å². The number of hydrogen-bond acceptors (Lipinski definition) is 1. The standard InChI is InChI=1S/C11H17N/c1-4-12-11-7-5-10(6-8-11)9(2)3/h4-5,7,9,12H,1,6,8H2,2-3H3. The first-order valence-corrected chi connectivity index (χ1v) is 4.51. The Hall–Kier alpha value is -0.980. The average molecular weight is 163 g/mol. The summed E-state index contributed by atoms with van der Waals surface area (Å²) < 4.78 is 0. The lowest BCUT2D eigenvalue weighted by atomic mass is 9.94. The highest BCUT2D eigenvalue weighted by molar-refractivity contribution is 5.24. The fourth-order valence-corrected chi connectivity index (χ4v) is 1.39. The molecule has 1 rings (SSSR count). The van der Waals surface area contributed by atoms with Gasteiger partial charge < -0.3 is 5.32 Å². The minimum Gasteiger partial charge on any atom is -0.366 e. The Balaban J connectivity index is 2.59. The van der Waals surface area contributed by atoms with E-state index in [4.69, 9.17) is 0 Å². The Morgan fingerprint density at radius 2 is 2.17 bits per heavy atom. The second kappa shape index (κ2) is 4.15. The first-order chi connectivity index (χ1) is 5.74. The summed E-state index contributed by atoms with van der Waals surface area (Å²) in [5.74, 6) is 0.687. The van der Waals surface area contributed by atoms with Crippen LogP contribution in [0.4, 0.5) is 0 Å². The maximum atomic E-state index is 3.64. The van der Waals surface area contributed by atoms with Crippen molar-refractivity contribution in [1.82, 2.24) is 5.32 Å². The summed E-state index contributed by atoms with van der Waals surface area (Å²) in [6.45, 7) is 8.12. The third-order valence-corrected chi connectivity index (χ3v) is 2.21. The SMILES string of the molecule is C=CNC1=CC=C(C(C)C)CC1. The van der Waals surface area contributed by atoms with Crippen molar-refractivity contribution in [3.8, 4) is 0 Å². The van der Waals surface area contributed by atoms with Gasteiger partial charge in [0.15, 0.2) is 0 Å². The summed E-state index contributed by atoms with van der Waals surface area (Å²) in [5, 5.41) is 3.12. The Bertz CT molecular complexity index is 221. The lowest BCUT2D eigenvalue weighted by Gasteiger charge is -2.16. The van der Waals surface area contributed by atoms with E-state index < -0.39 is 0 Å². The molecule has 1 aliphatic rings. The maximum Gasteiger partial charge on any atom is 0.0149 e. The molecule has 0 spiro atoms. The first-order valence-electron chi connectivity index (χ1n) is 4.51. The molecule has 0 aromatic carbocycles. The van der Waals surface area contributed by atoms with Crippen LogP contribution in [0.15, 0.2) is 36.2 Å². The first kappa shape index (κ1) is 9.11. The number of allylic oxidation sites excluding steroid dienone is 4. The van der Waals surface area contributed by atoms with Gasteiger partial charge in [0.05, 0.1) is 0 Å². The van der Waals surface area contributed by atoms with Crippen molar-refractivity contribution in [1.29, 1.82) is 0 Å². The zero-order valence-corrected chi connectivity index (χ0v) is 7.93. The van der Waals surface area contributed by atoms with E-state index in [9.17, 15) is 0 Å². The molecule has 0 saturated carbocycles. The monoisotopic (exact) mass is 163 g/mol. The molecule has 1 heteroatoms. The van der Waals surface area contributed by atoms with Crippen LogP contribution in [-0.2, 0) is 0 Å². The van der Waals surface area contributed by atoms with Gasteiger partial charge in [-0.2, -0.15) is 0 Å². The van der Waals surface area contributed by atoms with Crippen LogP contribution in [0.3, 0.4) is 0 Å². The van der Waals surface area contributed by atoms with Crippen molar-refractivity contribution in [3.05, 3.63) is 36.2 Å². The topological polar surface area (TPSA) is 12.0 Å². The molecule has 1 N–H and O–H groups in total. The average Bonchev–Trinajstić information content (AvgIpc) is 2.06. The molecule has 12 heavy (non-hydrogen) atoms. The zero-order valence-electron chi connectivity index (χ0n) is 7.93. The second-order valence-electron chi connectivity index (χ2n) is 3.44. The fourth-order valence-electron chi connectivity index (χ4n) is 1.39. The zero-order chi connectivity index (χ0) is 8.97. The molecule has 1 aliphatic carbocycles. The van der Waals surface area contributed by atoms with Crippen molar-refractivity contribution in [2.45, 2.75) is 26.7 Å². The summed E-state index contributed by atoms with van der Waals surface area (Å²) in [5.41, 5.74) is 2.82. The number of rotatable bonds is 3. The fraction of sp³-hybridized carbons (Fsp3) is 0.455. The molecule has 0 heterocycles. The third-order valence-electron chi connectivity index (χ3n) is 2.21. The van der Waals surface area contributed by atoms with Gasteiger partial charge in [-0.1, -0.05) is 32.1 Å². The van der Waals surface area contributed by atoms with Crippen LogP contribution in [0.25, 0.3) is 0 Å². The summed E-state index contributed by atoms with van der Waals surface area (Å²) in [7, 11) is 0. The molecule has 0 saturated heterocycles. The molecule has 0 fully saturated rings. The van der Waals surface area contributed by atoms with E-state index in [-0.39, 0.29) is 0 Å². The van der Waals surface area contributed by atoms with Crippen molar-refractivity contribution in [3.63, 3.8) is 0 Å². The van der Waals surface area contributed by atoms with Crippen LogP contribution in [0.5, 0.6) is 0 Å². The third kappa shape index (κ3) is 2.26. The minimum atomic E-state index is 0.687. The van der Waals surface area contributed by atoms with Gasteiger partial charge in [0.25, 0.3) is 0 Å². The summed E-state index contributed by atoms with van der Waals surface area (Å²) in [4.78, 5) is 0. The molecule has 0 amide bonds. The smallest absolute Gasteiger partial charge is 0.0149 e. The van der Waals surface area contributed by atoms with Gasteiger partial charge >= 0.3 is 0 Å². The van der Waals surface area contributed by atoms with E-state index in [1.807, 2.05) is 0 Å². The molecule has 0 aromatic rings. The molecule has 0 aliphatic heterocycles. The van der Waals surface area contributed by atoms with Crippen LogP contribution in [0, 0.1) is 5.92 Å². The van der Waals surface area contributed by atoms with Gasteiger partial charge in [-0.3, -0.25) is 0 Å². The highest BCUT2D eigenvalue weighted by Gasteiger charge is 2.07. The van der Waals surface area contributed by atoms with Gasteiger partial charge in [0.1, 0.15) is 0 Å². The van der Waals surface area contributed by atoms with Crippen LogP contribution in [0.1, 0.15) is 26.7 Å². The van der Waals surface area contributed by atoms with E-state index in [1.165, 1.54) is 12.1 Å². The number of hydrogen-bond donors (Lipinski definition) is 1. The minimum absolute atomic E-state index is 0.687. The largest absolute Gasteiger partial charge is 0.366 e. The summed E-state index contributed by atoms with van der Waals surface area (Å²) in [6.07, 6.45) is 8.42. The molecule has 66 valence electrons. The van der Waals surface area contributed by atoms with Crippen LogP contribution in [0.2, 0.25) is 0 Å². The quantitative estimate of drug-likeness (QED) is 0.674. The highest BCUT2D eigenvalue weighted by atomic mass is 14.8. The van der Waals surface area contributed by atoms with E-state index in [0.29, 0.717) is 5.92 Å². The second-order valence-corrected chi connectivity index (χ2v) is 3.44. The molecule has 0 radical (unpaired) electrons. The highest BCUT2D eigenvalue weighted by Crippen LogP contribution is 2.22. The van der Waals surface area contributed by atoms with Crippen LogP contribution in [-0.4, -0.2) is 0 Å². The normalized spacial score (nSPS) is 16.9. The molecule has 1 nitrogen and oxygen atoms in total. The van der Waals surface area contributed by atoms with Crippen LogP contribution >= 0.6 is 0 Å². The maximum absolute atomic E-state index is 3.64. The van der Waals surface area contributed by atoms with Crippen molar-refractivity contribution in [2.75, 3.05) is 0 Å². The lowest BCUT2D eigenvalue weighted by molar-refractivity contribution is 0.689. The molecular formula is C11H17N. The predicted octanol–water partition coefficient (Wildman–Crippen LogP) is 2.98. The van der Waals surface area contributed by atoms with E-state index in [1.54, 1.807) is 11.8 Å². The van der Waals surface area contributed by atoms with E-state index in [0.717, 1.165) is 6.42 Å². The van der Waals surface area contributed by atoms with E-state index in [2.05, 4.69) is 37.9 Å². The molecule has 0 aromatic heterocycles. The summed E-state index contributed by atoms with van der Waals surface area (Å²) in [6, 6.07) is 0. The van der Waals surface area contributed by atoms with Crippen molar-refractivity contribution >= 4 is 0 Å². The summed E-state index contributed by atoms with van der Waals surface area (Å²) >= 11 is 0. The van der Waals surface area contributed by atoms with Gasteiger partial charge in [0, 0.05) is 5.70 Å².